The summed E-state index contributed by atoms with van der Waals surface area (Å²) in [6, 6.07) is 17.9. The molecule has 1 saturated carbocycles. The van der Waals surface area contributed by atoms with E-state index in [1.54, 1.807) is 0 Å². The van der Waals surface area contributed by atoms with Crippen LogP contribution < -0.4 is 10.1 Å². The molecule has 5 rings (SSSR count). The average Bonchev–Trinajstić information content (AvgIpc) is 2.74. The number of fused-ring (bicyclic) bond motifs is 8. The standard InChI is InChI=1S/C21H23NO/c1-3-7-18-15(5-1)13-16-10-9-14-11-12-20(21(16)22-18)23-19-8-4-2-6-17(14)19/h1-8,14,16,20-22H,9-13H2/t14?,16?,20-,21?/m0/s1. The van der Waals surface area contributed by atoms with Crippen LogP contribution in [0.5, 0.6) is 5.75 Å². The minimum Gasteiger partial charge on any atom is -0.488 e. The summed E-state index contributed by atoms with van der Waals surface area (Å²) in [5, 5.41) is 3.83. The van der Waals surface area contributed by atoms with E-state index >= 15 is 0 Å². The lowest BCUT2D eigenvalue weighted by molar-refractivity contribution is 0.130. The van der Waals surface area contributed by atoms with E-state index in [2.05, 4.69) is 53.8 Å². The summed E-state index contributed by atoms with van der Waals surface area (Å²) in [6.45, 7) is 0. The molecule has 118 valence electrons. The Morgan fingerprint density at radius 1 is 0.870 bits per heavy atom. The number of anilines is 1. The van der Waals surface area contributed by atoms with E-state index in [1.807, 2.05) is 0 Å². The number of ether oxygens (including phenoxy) is 1. The number of rotatable bonds is 0. The van der Waals surface area contributed by atoms with Gasteiger partial charge < -0.3 is 10.1 Å². The molecule has 3 unspecified atom stereocenters. The molecule has 0 aromatic heterocycles. The smallest absolute Gasteiger partial charge is 0.123 e. The molecule has 2 nitrogen and oxygen atoms in total. The third-order valence-electron chi connectivity index (χ3n) is 6.05. The first-order valence-corrected chi connectivity index (χ1v) is 8.98. The van der Waals surface area contributed by atoms with E-state index in [4.69, 9.17) is 4.74 Å². The van der Waals surface area contributed by atoms with Gasteiger partial charge in [0.2, 0.25) is 0 Å². The van der Waals surface area contributed by atoms with Crippen molar-refractivity contribution < 1.29 is 4.74 Å². The Kier molecular flexibility index (Phi) is 3.10. The first-order chi connectivity index (χ1) is 11.4. The lowest BCUT2D eigenvalue weighted by atomic mass is 9.75. The Bertz CT molecular complexity index is 725. The van der Waals surface area contributed by atoms with E-state index < -0.39 is 0 Å². The second-order valence-electron chi connectivity index (χ2n) is 7.34. The Labute approximate surface area is 137 Å². The van der Waals surface area contributed by atoms with Crippen molar-refractivity contribution in [2.45, 2.75) is 50.2 Å². The molecule has 2 aromatic rings. The fourth-order valence-corrected chi connectivity index (χ4v) is 4.86. The first-order valence-electron chi connectivity index (χ1n) is 8.98. The van der Waals surface area contributed by atoms with Gasteiger partial charge in [0.05, 0.1) is 6.04 Å². The summed E-state index contributed by atoms with van der Waals surface area (Å²) < 4.78 is 6.53. The lowest BCUT2D eigenvalue weighted by Gasteiger charge is -2.40. The molecule has 1 aliphatic carbocycles. The maximum atomic E-state index is 6.53. The molecule has 0 amide bonds. The second kappa shape index (κ2) is 5.30. The number of nitrogens with one attached hydrogen (secondary N) is 1. The molecule has 2 heterocycles. The zero-order valence-corrected chi connectivity index (χ0v) is 13.4. The van der Waals surface area contributed by atoms with Gasteiger partial charge in [0, 0.05) is 5.69 Å². The van der Waals surface area contributed by atoms with Crippen LogP contribution in [0.25, 0.3) is 0 Å². The SMILES string of the molecule is c1ccc2c(c1)CC1CCC3CC[C@H](Oc4ccccc43)C1N2. The fourth-order valence-electron chi connectivity index (χ4n) is 4.86. The summed E-state index contributed by atoms with van der Waals surface area (Å²) in [7, 11) is 0. The van der Waals surface area contributed by atoms with E-state index in [0.717, 1.165) is 12.2 Å². The van der Waals surface area contributed by atoms with Crippen LogP contribution in [0.15, 0.2) is 48.5 Å². The Hall–Kier alpha value is -1.96. The highest BCUT2D eigenvalue weighted by Crippen LogP contribution is 2.44. The average molecular weight is 305 g/mol. The first kappa shape index (κ1) is 13.5. The molecule has 2 aromatic carbocycles. The van der Waals surface area contributed by atoms with Crippen LogP contribution in [0, 0.1) is 5.92 Å². The van der Waals surface area contributed by atoms with Gasteiger partial charge in [0.15, 0.2) is 0 Å². The maximum Gasteiger partial charge on any atom is 0.123 e. The van der Waals surface area contributed by atoms with Gasteiger partial charge in [-0.1, -0.05) is 36.4 Å². The summed E-state index contributed by atoms with van der Waals surface area (Å²) in [4.78, 5) is 0. The second-order valence-corrected chi connectivity index (χ2v) is 7.34. The molecule has 2 bridgehead atoms. The fraction of sp³-hybridized carbons (Fsp3) is 0.429. The van der Waals surface area contributed by atoms with Crippen molar-refractivity contribution in [3.05, 3.63) is 59.7 Å². The largest absolute Gasteiger partial charge is 0.488 e. The van der Waals surface area contributed by atoms with Gasteiger partial charge in [0.1, 0.15) is 11.9 Å². The normalized spacial score (nSPS) is 31.3. The predicted octanol–water partition coefficient (Wildman–Crippen LogP) is 4.76. The van der Waals surface area contributed by atoms with Crippen molar-refractivity contribution in [1.29, 1.82) is 0 Å². The molecule has 3 aliphatic rings. The van der Waals surface area contributed by atoms with Crippen molar-refractivity contribution in [2.75, 3.05) is 5.32 Å². The van der Waals surface area contributed by atoms with Crippen LogP contribution >= 0.6 is 0 Å². The zero-order chi connectivity index (χ0) is 15.2. The number of benzene rings is 2. The third-order valence-corrected chi connectivity index (χ3v) is 6.05. The van der Waals surface area contributed by atoms with Crippen molar-refractivity contribution in [3.63, 3.8) is 0 Å². The number of hydrogen-bond acceptors (Lipinski definition) is 2. The molecule has 0 radical (unpaired) electrons. The van der Waals surface area contributed by atoms with Crippen LogP contribution in [0.3, 0.4) is 0 Å². The summed E-state index contributed by atoms with van der Waals surface area (Å²) in [5.41, 5.74) is 4.22. The third kappa shape index (κ3) is 2.23. The number of para-hydroxylation sites is 2. The predicted molar refractivity (Wildman–Crippen MR) is 93.1 cm³/mol. The summed E-state index contributed by atoms with van der Waals surface area (Å²) in [6.07, 6.45) is 6.49. The van der Waals surface area contributed by atoms with E-state index in [9.17, 15) is 0 Å². The van der Waals surface area contributed by atoms with Gasteiger partial charge in [-0.2, -0.15) is 0 Å². The molecule has 2 heteroatoms. The summed E-state index contributed by atoms with van der Waals surface area (Å²) in [5.74, 6) is 2.49. The molecule has 0 spiro atoms. The van der Waals surface area contributed by atoms with Crippen LogP contribution in [0.2, 0.25) is 0 Å². The quantitative estimate of drug-likeness (QED) is 0.758. The van der Waals surface area contributed by atoms with Crippen LogP contribution in [-0.4, -0.2) is 12.1 Å². The van der Waals surface area contributed by atoms with Gasteiger partial charge >= 0.3 is 0 Å². The van der Waals surface area contributed by atoms with E-state index in [1.165, 1.54) is 42.5 Å². The van der Waals surface area contributed by atoms with Crippen molar-refractivity contribution in [1.82, 2.24) is 0 Å². The van der Waals surface area contributed by atoms with Gasteiger partial charge in [-0.15, -0.1) is 0 Å². The highest BCUT2D eigenvalue weighted by molar-refractivity contribution is 5.55. The molecule has 0 saturated heterocycles. The highest BCUT2D eigenvalue weighted by Gasteiger charge is 2.39. The molecule has 2 aliphatic heterocycles. The maximum absolute atomic E-state index is 6.53. The van der Waals surface area contributed by atoms with Crippen molar-refractivity contribution in [3.8, 4) is 5.75 Å². The molecule has 1 N–H and O–H groups in total. The highest BCUT2D eigenvalue weighted by atomic mass is 16.5. The number of hydrogen-bond donors (Lipinski definition) is 1. The Morgan fingerprint density at radius 2 is 1.70 bits per heavy atom. The minimum absolute atomic E-state index is 0.291. The molecule has 1 fully saturated rings. The van der Waals surface area contributed by atoms with Gasteiger partial charge in [-0.3, -0.25) is 0 Å². The van der Waals surface area contributed by atoms with Crippen LogP contribution in [0.1, 0.15) is 42.7 Å². The molecule has 4 atom stereocenters. The topological polar surface area (TPSA) is 21.3 Å². The molecular formula is C21H23NO. The van der Waals surface area contributed by atoms with Crippen LogP contribution in [0.4, 0.5) is 5.69 Å². The molecular weight excluding hydrogens is 282 g/mol. The summed E-state index contributed by atoms with van der Waals surface area (Å²) >= 11 is 0. The van der Waals surface area contributed by atoms with Crippen molar-refractivity contribution in [2.24, 2.45) is 5.92 Å². The minimum atomic E-state index is 0.291. The molecule has 23 heavy (non-hydrogen) atoms. The lowest BCUT2D eigenvalue weighted by Crippen LogP contribution is -2.47. The van der Waals surface area contributed by atoms with Crippen molar-refractivity contribution >= 4 is 5.69 Å². The van der Waals surface area contributed by atoms with Crippen LogP contribution in [-0.2, 0) is 6.42 Å². The Balaban J connectivity index is 1.54. The van der Waals surface area contributed by atoms with Gasteiger partial charge in [-0.25, -0.2) is 0 Å². The monoisotopic (exact) mass is 305 g/mol. The van der Waals surface area contributed by atoms with Gasteiger partial charge in [-0.05, 0) is 67.2 Å². The zero-order valence-electron chi connectivity index (χ0n) is 13.4. The van der Waals surface area contributed by atoms with E-state index in [-0.39, 0.29) is 0 Å². The van der Waals surface area contributed by atoms with Gasteiger partial charge in [0.25, 0.3) is 0 Å². The van der Waals surface area contributed by atoms with E-state index in [0.29, 0.717) is 24.0 Å². The Morgan fingerprint density at radius 3 is 2.70 bits per heavy atom.